The Morgan fingerprint density at radius 2 is 1.57 bits per heavy atom. The molecule has 0 fully saturated rings. The second-order valence-electron chi connectivity index (χ2n) is 2.64. The van der Waals surface area contributed by atoms with E-state index < -0.39 is 0 Å². The molecule has 0 spiro atoms. The summed E-state index contributed by atoms with van der Waals surface area (Å²) in [5.41, 5.74) is 0. The van der Waals surface area contributed by atoms with Crippen LogP contribution in [0, 0.1) is 0 Å². The van der Waals surface area contributed by atoms with Crippen LogP contribution in [-0.4, -0.2) is 0 Å². The smallest absolute Gasteiger partial charge is 0.872 e. The molecule has 0 aromatic heterocycles. The first-order valence-electron chi connectivity index (χ1n) is 3.64. The summed E-state index contributed by atoms with van der Waals surface area (Å²) in [5, 5.41) is 23.4. The van der Waals surface area contributed by atoms with Crippen LogP contribution in [0.1, 0.15) is 0 Å². The van der Waals surface area contributed by atoms with Gasteiger partial charge in [0.25, 0.3) is 0 Å². The molecule has 0 aliphatic carbocycles. The molecule has 0 bridgehead atoms. The fraction of sp³-hybridized carbons (Fsp3) is 0. The Morgan fingerprint density at radius 3 is 2.29 bits per heavy atom. The summed E-state index contributed by atoms with van der Waals surface area (Å²) in [7, 11) is 0. The Bertz CT molecular complexity index is 429. The van der Waals surface area contributed by atoms with E-state index in [2.05, 4.69) is 0 Å². The Labute approximate surface area is 127 Å². The van der Waals surface area contributed by atoms with E-state index in [4.69, 9.17) is 0 Å². The van der Waals surface area contributed by atoms with Crippen molar-refractivity contribution in [2.75, 3.05) is 0 Å². The second-order valence-corrected chi connectivity index (χ2v) is 2.64. The molecule has 0 saturated carbocycles. The maximum absolute atomic E-state index is 11.2. The molecule has 0 N–H and O–H groups in total. The molecule has 0 amide bonds. The van der Waals surface area contributed by atoms with Crippen LogP contribution in [0.5, 0.6) is 11.5 Å². The van der Waals surface area contributed by atoms with E-state index in [1.54, 1.807) is 12.1 Å². The van der Waals surface area contributed by atoms with Gasteiger partial charge in [0.2, 0.25) is 0 Å². The van der Waals surface area contributed by atoms with Crippen molar-refractivity contribution >= 4 is 10.8 Å². The molecule has 2 aromatic carbocycles. The van der Waals surface area contributed by atoms with Crippen molar-refractivity contribution in [2.45, 2.75) is 0 Å². The van der Waals surface area contributed by atoms with E-state index >= 15 is 0 Å². The monoisotopic (exact) mass is 204 g/mol. The van der Waals surface area contributed by atoms with E-state index in [-0.39, 0.29) is 70.6 Å². The SMILES string of the molecule is [Na+].[Na+].[O-]c1ccc2cccc([O-])c2c1. The summed E-state index contributed by atoms with van der Waals surface area (Å²) in [6.45, 7) is 0. The first-order chi connectivity index (χ1) is 5.77. The zero-order valence-corrected chi connectivity index (χ0v) is 12.3. The van der Waals surface area contributed by atoms with Crippen LogP contribution in [-0.2, 0) is 0 Å². The van der Waals surface area contributed by atoms with Crippen LogP contribution in [0.15, 0.2) is 36.4 Å². The molecule has 0 unspecified atom stereocenters. The van der Waals surface area contributed by atoms with Crippen molar-refractivity contribution in [2.24, 2.45) is 0 Å². The van der Waals surface area contributed by atoms with Crippen LogP contribution in [0.3, 0.4) is 0 Å². The van der Waals surface area contributed by atoms with Crippen molar-refractivity contribution < 1.29 is 69.3 Å². The van der Waals surface area contributed by atoms with Crippen molar-refractivity contribution in [1.29, 1.82) is 0 Å². The summed E-state index contributed by atoms with van der Waals surface area (Å²) in [5.74, 6) is -0.212. The molecular formula is C10H6Na2O2. The molecule has 2 rings (SSSR count). The molecular weight excluding hydrogens is 198 g/mol. The van der Waals surface area contributed by atoms with Gasteiger partial charge < -0.3 is 10.2 Å². The summed E-state index contributed by atoms with van der Waals surface area (Å²) in [6.07, 6.45) is 0. The average molecular weight is 204 g/mol. The summed E-state index contributed by atoms with van der Waals surface area (Å²) >= 11 is 0. The molecule has 0 heterocycles. The Kier molecular flexibility index (Phi) is 6.14. The predicted molar refractivity (Wildman–Crippen MR) is 42.8 cm³/mol. The van der Waals surface area contributed by atoms with Gasteiger partial charge in [0.15, 0.2) is 0 Å². The van der Waals surface area contributed by atoms with Crippen molar-refractivity contribution in [3.05, 3.63) is 36.4 Å². The summed E-state index contributed by atoms with van der Waals surface area (Å²) < 4.78 is 0. The zero-order chi connectivity index (χ0) is 8.55. The van der Waals surface area contributed by atoms with Gasteiger partial charge in [-0.3, -0.25) is 0 Å². The third-order valence-electron chi connectivity index (χ3n) is 1.81. The molecule has 0 aliphatic heterocycles. The predicted octanol–water partition coefficient (Wildman–Crippen LogP) is -5.00. The Balaban J connectivity index is 0.000000845. The number of rotatable bonds is 0. The molecule has 2 aromatic rings. The van der Waals surface area contributed by atoms with Crippen molar-refractivity contribution in [3.8, 4) is 11.5 Å². The maximum atomic E-state index is 11.2. The molecule has 14 heavy (non-hydrogen) atoms. The van der Waals surface area contributed by atoms with Gasteiger partial charge in [0.1, 0.15) is 0 Å². The minimum atomic E-state index is -0.120. The minimum Gasteiger partial charge on any atom is -0.872 e. The van der Waals surface area contributed by atoms with Gasteiger partial charge in [-0.1, -0.05) is 36.4 Å². The molecule has 4 heteroatoms. The van der Waals surface area contributed by atoms with Crippen LogP contribution >= 0.6 is 0 Å². The van der Waals surface area contributed by atoms with Gasteiger partial charge >= 0.3 is 59.1 Å². The van der Waals surface area contributed by atoms with E-state index in [0.717, 1.165) is 5.39 Å². The van der Waals surface area contributed by atoms with E-state index in [1.807, 2.05) is 6.07 Å². The van der Waals surface area contributed by atoms with Crippen LogP contribution in [0.4, 0.5) is 0 Å². The Hall–Kier alpha value is 0.300. The third kappa shape index (κ3) is 2.89. The molecule has 0 atom stereocenters. The number of fused-ring (bicyclic) bond motifs is 1. The summed E-state index contributed by atoms with van der Waals surface area (Å²) in [6, 6.07) is 9.46. The average Bonchev–Trinajstić information content (AvgIpc) is 2.07. The van der Waals surface area contributed by atoms with E-state index in [0.29, 0.717) is 5.39 Å². The van der Waals surface area contributed by atoms with Gasteiger partial charge in [0.05, 0.1) is 0 Å². The zero-order valence-electron chi connectivity index (χ0n) is 8.28. The second kappa shape index (κ2) is 6.01. The van der Waals surface area contributed by atoms with E-state index in [9.17, 15) is 10.2 Å². The Morgan fingerprint density at radius 1 is 0.857 bits per heavy atom. The number of benzene rings is 2. The first-order valence-corrected chi connectivity index (χ1v) is 3.64. The van der Waals surface area contributed by atoms with Gasteiger partial charge in [-0.25, -0.2) is 0 Å². The van der Waals surface area contributed by atoms with Gasteiger partial charge in [-0.15, -0.1) is 11.5 Å². The van der Waals surface area contributed by atoms with Crippen LogP contribution in [0.25, 0.3) is 10.8 Å². The molecule has 2 nitrogen and oxygen atoms in total. The fourth-order valence-electron chi connectivity index (χ4n) is 1.22. The fourth-order valence-corrected chi connectivity index (χ4v) is 1.22. The topological polar surface area (TPSA) is 46.1 Å². The normalized spacial score (nSPS) is 8.86. The van der Waals surface area contributed by atoms with Gasteiger partial charge in [-0.05, 0) is 10.8 Å². The van der Waals surface area contributed by atoms with E-state index in [1.165, 1.54) is 18.2 Å². The van der Waals surface area contributed by atoms with Crippen molar-refractivity contribution in [3.63, 3.8) is 0 Å². The molecule has 0 saturated heterocycles. The van der Waals surface area contributed by atoms with Crippen molar-refractivity contribution in [1.82, 2.24) is 0 Å². The number of hydrogen-bond acceptors (Lipinski definition) is 2. The molecule has 0 aliphatic rings. The standard InChI is InChI=1S/C10H8O2.2Na/c11-8-5-4-7-2-1-3-10(12)9(7)6-8;;/h1-6,11-12H;;/q;2*+1/p-2. The van der Waals surface area contributed by atoms with Crippen LogP contribution in [0.2, 0.25) is 0 Å². The number of hydrogen-bond donors (Lipinski definition) is 0. The largest absolute Gasteiger partial charge is 1.00 e. The third-order valence-corrected chi connectivity index (χ3v) is 1.81. The molecule has 0 radical (unpaired) electrons. The maximum Gasteiger partial charge on any atom is 1.00 e. The van der Waals surface area contributed by atoms with Crippen LogP contribution < -0.4 is 69.3 Å². The van der Waals surface area contributed by atoms with Gasteiger partial charge in [-0.2, -0.15) is 0 Å². The first kappa shape index (κ1) is 14.3. The molecule has 60 valence electrons. The minimum absolute atomic E-state index is 0. The quantitative estimate of drug-likeness (QED) is 0.403. The van der Waals surface area contributed by atoms with Gasteiger partial charge in [0, 0.05) is 0 Å². The summed E-state index contributed by atoms with van der Waals surface area (Å²) in [4.78, 5) is 0.